The Morgan fingerprint density at radius 1 is 1.26 bits per heavy atom. The minimum absolute atomic E-state index is 0.136. The maximum Gasteiger partial charge on any atom is 0.224 e. The summed E-state index contributed by atoms with van der Waals surface area (Å²) in [6, 6.07) is 8.11. The Kier molecular flexibility index (Phi) is 3.53. The Hall–Kier alpha value is -1.77. The molecule has 0 radical (unpaired) electrons. The number of aromatic nitrogens is 1. The lowest BCUT2D eigenvalue weighted by atomic mass is 10.1. The van der Waals surface area contributed by atoms with Gasteiger partial charge in [0.15, 0.2) is 0 Å². The first-order valence-electron chi connectivity index (χ1n) is 7.14. The van der Waals surface area contributed by atoms with Crippen LogP contribution in [0.15, 0.2) is 30.5 Å². The normalized spacial score (nSPS) is 16.0. The van der Waals surface area contributed by atoms with Gasteiger partial charge >= 0.3 is 0 Å². The summed E-state index contributed by atoms with van der Waals surface area (Å²) < 4.78 is 0. The Labute approximate surface area is 113 Å². The Balaban J connectivity index is 1.59. The van der Waals surface area contributed by atoms with Crippen LogP contribution in [0.1, 0.15) is 31.2 Å². The largest absolute Gasteiger partial charge is 0.361 e. The van der Waals surface area contributed by atoms with E-state index in [1.54, 1.807) is 0 Å². The zero-order chi connectivity index (χ0) is 13.1. The van der Waals surface area contributed by atoms with Gasteiger partial charge in [-0.05, 0) is 30.4 Å². The van der Waals surface area contributed by atoms with Crippen LogP contribution in [0.2, 0.25) is 0 Å². The molecule has 1 aliphatic carbocycles. The summed E-state index contributed by atoms with van der Waals surface area (Å²) in [4.78, 5) is 15.2. The summed E-state index contributed by atoms with van der Waals surface area (Å²) in [5.74, 6) is 0.837. The third-order valence-corrected chi connectivity index (χ3v) is 4.09. The van der Waals surface area contributed by atoms with Crippen LogP contribution in [0.4, 0.5) is 0 Å². The first-order valence-corrected chi connectivity index (χ1v) is 7.14. The number of aromatic amines is 1. The molecule has 1 aliphatic rings. The molecule has 0 bridgehead atoms. The van der Waals surface area contributed by atoms with Crippen molar-refractivity contribution in [3.8, 4) is 0 Å². The van der Waals surface area contributed by atoms with Crippen LogP contribution in [0.5, 0.6) is 0 Å². The molecular weight excluding hydrogens is 236 g/mol. The van der Waals surface area contributed by atoms with E-state index in [1.807, 2.05) is 24.4 Å². The van der Waals surface area contributed by atoms with Gasteiger partial charge in [-0.3, -0.25) is 4.79 Å². The van der Waals surface area contributed by atoms with Crippen molar-refractivity contribution in [1.82, 2.24) is 10.3 Å². The lowest BCUT2D eigenvalue weighted by molar-refractivity contribution is -0.120. The fourth-order valence-corrected chi connectivity index (χ4v) is 2.99. The second-order valence-electron chi connectivity index (χ2n) is 5.49. The van der Waals surface area contributed by atoms with E-state index in [1.165, 1.54) is 25.7 Å². The fraction of sp³-hybridized carbons (Fsp3) is 0.438. The highest BCUT2D eigenvalue weighted by Gasteiger charge is 2.16. The summed E-state index contributed by atoms with van der Waals surface area (Å²) in [6.07, 6.45) is 7.60. The van der Waals surface area contributed by atoms with Gasteiger partial charge < -0.3 is 10.3 Å². The molecule has 1 amide bonds. The van der Waals surface area contributed by atoms with Crippen LogP contribution in [-0.4, -0.2) is 17.4 Å². The van der Waals surface area contributed by atoms with Crippen molar-refractivity contribution < 1.29 is 4.79 Å². The van der Waals surface area contributed by atoms with Crippen LogP contribution in [0.25, 0.3) is 10.9 Å². The van der Waals surface area contributed by atoms with E-state index >= 15 is 0 Å². The molecule has 0 saturated heterocycles. The van der Waals surface area contributed by atoms with Crippen LogP contribution in [0, 0.1) is 5.92 Å². The average molecular weight is 256 g/mol. The molecule has 1 fully saturated rings. The maximum atomic E-state index is 12.0. The molecule has 1 aromatic carbocycles. The standard InChI is InChI=1S/C16H20N2O/c19-16(18-10-12-5-1-2-6-12)9-13-11-17-15-8-4-3-7-14(13)15/h3-4,7-8,11-12,17H,1-2,5-6,9-10H2,(H,18,19). The highest BCUT2D eigenvalue weighted by Crippen LogP contribution is 2.23. The van der Waals surface area contributed by atoms with E-state index in [9.17, 15) is 4.79 Å². The number of amides is 1. The van der Waals surface area contributed by atoms with Crippen molar-refractivity contribution in [1.29, 1.82) is 0 Å². The monoisotopic (exact) mass is 256 g/mol. The lowest BCUT2D eigenvalue weighted by Gasteiger charge is -2.10. The molecule has 1 saturated carbocycles. The number of carbonyl (C=O) groups excluding carboxylic acids is 1. The Morgan fingerprint density at radius 2 is 2.05 bits per heavy atom. The minimum Gasteiger partial charge on any atom is -0.361 e. The summed E-state index contributed by atoms with van der Waals surface area (Å²) in [7, 11) is 0. The van der Waals surface area contributed by atoms with Crippen molar-refractivity contribution in [2.75, 3.05) is 6.54 Å². The van der Waals surface area contributed by atoms with Crippen molar-refractivity contribution in [3.63, 3.8) is 0 Å². The van der Waals surface area contributed by atoms with E-state index in [0.717, 1.165) is 23.0 Å². The SMILES string of the molecule is O=C(Cc1c[nH]c2ccccc12)NCC1CCCC1. The molecule has 2 N–H and O–H groups in total. The summed E-state index contributed by atoms with van der Waals surface area (Å²) in [6.45, 7) is 0.848. The molecule has 19 heavy (non-hydrogen) atoms. The van der Waals surface area contributed by atoms with E-state index in [4.69, 9.17) is 0 Å². The number of hydrogen-bond donors (Lipinski definition) is 2. The van der Waals surface area contributed by atoms with E-state index in [-0.39, 0.29) is 5.91 Å². The van der Waals surface area contributed by atoms with E-state index in [2.05, 4.69) is 16.4 Å². The van der Waals surface area contributed by atoms with Crippen LogP contribution < -0.4 is 5.32 Å². The van der Waals surface area contributed by atoms with Crippen molar-refractivity contribution >= 4 is 16.8 Å². The van der Waals surface area contributed by atoms with E-state index < -0.39 is 0 Å². The second kappa shape index (κ2) is 5.47. The number of H-pyrrole nitrogens is 1. The van der Waals surface area contributed by atoms with Gasteiger partial charge in [0.25, 0.3) is 0 Å². The Morgan fingerprint density at radius 3 is 2.89 bits per heavy atom. The van der Waals surface area contributed by atoms with Gasteiger partial charge in [0.05, 0.1) is 6.42 Å². The predicted octanol–water partition coefficient (Wildman–Crippen LogP) is 3.02. The zero-order valence-electron chi connectivity index (χ0n) is 11.1. The van der Waals surface area contributed by atoms with Gasteiger partial charge in [0, 0.05) is 23.6 Å². The predicted molar refractivity (Wildman–Crippen MR) is 77.0 cm³/mol. The molecule has 0 aliphatic heterocycles. The van der Waals surface area contributed by atoms with Crippen molar-refractivity contribution in [2.24, 2.45) is 5.92 Å². The molecule has 0 unspecified atom stereocenters. The van der Waals surface area contributed by atoms with Crippen LogP contribution in [-0.2, 0) is 11.2 Å². The van der Waals surface area contributed by atoms with Crippen molar-refractivity contribution in [2.45, 2.75) is 32.1 Å². The highest BCUT2D eigenvalue weighted by molar-refractivity contribution is 5.88. The van der Waals surface area contributed by atoms with Crippen LogP contribution >= 0.6 is 0 Å². The summed E-state index contributed by atoms with van der Waals surface area (Å²) >= 11 is 0. The third kappa shape index (κ3) is 2.80. The van der Waals surface area contributed by atoms with Crippen LogP contribution in [0.3, 0.4) is 0 Å². The van der Waals surface area contributed by atoms with Crippen molar-refractivity contribution in [3.05, 3.63) is 36.0 Å². The molecule has 0 atom stereocenters. The minimum atomic E-state index is 0.136. The van der Waals surface area contributed by atoms with Gasteiger partial charge in [-0.2, -0.15) is 0 Å². The summed E-state index contributed by atoms with van der Waals surface area (Å²) in [5, 5.41) is 4.23. The van der Waals surface area contributed by atoms with Gasteiger partial charge in [-0.15, -0.1) is 0 Å². The van der Waals surface area contributed by atoms with E-state index in [0.29, 0.717) is 12.3 Å². The molecule has 1 heterocycles. The number of benzene rings is 1. The molecule has 3 nitrogen and oxygen atoms in total. The number of fused-ring (bicyclic) bond motifs is 1. The molecular formula is C16H20N2O. The lowest BCUT2D eigenvalue weighted by Crippen LogP contribution is -2.29. The third-order valence-electron chi connectivity index (χ3n) is 4.09. The summed E-state index contributed by atoms with van der Waals surface area (Å²) in [5.41, 5.74) is 2.18. The number of para-hydroxylation sites is 1. The quantitative estimate of drug-likeness (QED) is 0.867. The first kappa shape index (κ1) is 12.3. The van der Waals surface area contributed by atoms with Gasteiger partial charge in [-0.25, -0.2) is 0 Å². The molecule has 1 aromatic heterocycles. The van der Waals surface area contributed by atoms with Gasteiger partial charge in [-0.1, -0.05) is 31.0 Å². The molecule has 0 spiro atoms. The number of carbonyl (C=O) groups is 1. The molecule has 100 valence electrons. The highest BCUT2D eigenvalue weighted by atomic mass is 16.1. The molecule has 2 aromatic rings. The fourth-order valence-electron chi connectivity index (χ4n) is 2.99. The second-order valence-corrected chi connectivity index (χ2v) is 5.49. The van der Waals surface area contributed by atoms with Gasteiger partial charge in [0.1, 0.15) is 0 Å². The zero-order valence-corrected chi connectivity index (χ0v) is 11.1. The topological polar surface area (TPSA) is 44.9 Å². The number of rotatable bonds is 4. The van der Waals surface area contributed by atoms with Gasteiger partial charge in [0.2, 0.25) is 5.91 Å². The molecule has 3 heteroatoms. The maximum absolute atomic E-state index is 12.0. The Bertz CT molecular complexity index is 567. The first-order chi connectivity index (χ1) is 9.33. The molecule has 3 rings (SSSR count). The number of nitrogens with one attached hydrogen (secondary N) is 2. The average Bonchev–Trinajstić information content (AvgIpc) is 3.07. The number of hydrogen-bond acceptors (Lipinski definition) is 1. The smallest absolute Gasteiger partial charge is 0.224 e.